The van der Waals surface area contributed by atoms with Crippen LogP contribution in [0.3, 0.4) is 0 Å². The van der Waals surface area contributed by atoms with Gasteiger partial charge in [-0.25, -0.2) is 15.6 Å². The molecule has 0 aromatic carbocycles. The summed E-state index contributed by atoms with van der Waals surface area (Å²) >= 11 is 0. The fraction of sp³-hybridized carbons (Fsp3) is 0.667. The molecule has 4 rings (SSSR count). The maximum Gasteiger partial charge on any atom is 0.317 e. The lowest BCUT2D eigenvalue weighted by Crippen LogP contribution is -2.53. The molecule has 8 heteroatoms. The molecule has 1 saturated carbocycles. The van der Waals surface area contributed by atoms with Gasteiger partial charge in [-0.1, -0.05) is 6.07 Å². The zero-order chi connectivity index (χ0) is 17.8. The molecule has 26 heavy (non-hydrogen) atoms. The van der Waals surface area contributed by atoms with Crippen molar-refractivity contribution >= 4 is 6.03 Å². The van der Waals surface area contributed by atoms with Crippen molar-refractivity contribution in [1.29, 1.82) is 0 Å². The van der Waals surface area contributed by atoms with Crippen molar-refractivity contribution in [2.45, 2.75) is 62.9 Å². The predicted molar refractivity (Wildman–Crippen MR) is 96.8 cm³/mol. The van der Waals surface area contributed by atoms with Crippen molar-refractivity contribution in [2.24, 2.45) is 0 Å². The van der Waals surface area contributed by atoms with E-state index in [4.69, 9.17) is 4.74 Å². The Bertz CT molecular complexity index is 601. The third-order valence-corrected chi connectivity index (χ3v) is 5.55. The molecule has 3 heterocycles. The summed E-state index contributed by atoms with van der Waals surface area (Å²) in [6.07, 6.45) is 6.84. The van der Waals surface area contributed by atoms with Crippen molar-refractivity contribution in [3.8, 4) is 0 Å². The fourth-order valence-electron chi connectivity index (χ4n) is 4.07. The van der Waals surface area contributed by atoms with Gasteiger partial charge in [-0.2, -0.15) is 5.53 Å². The molecule has 4 atom stereocenters. The Morgan fingerprint density at radius 1 is 1.27 bits per heavy atom. The van der Waals surface area contributed by atoms with Gasteiger partial charge in [0.2, 0.25) is 0 Å². The number of urea groups is 1. The maximum absolute atomic E-state index is 12.7. The summed E-state index contributed by atoms with van der Waals surface area (Å²) in [5.41, 5.74) is 10.4. The minimum Gasteiger partial charge on any atom is -0.370 e. The molecule has 0 radical (unpaired) electrons. The number of carbonyl (C=O) groups is 1. The first-order valence-corrected chi connectivity index (χ1v) is 9.61. The molecule has 3 aliphatic rings. The first kappa shape index (κ1) is 17.7. The number of likely N-dealkylation sites (tertiary alicyclic amines) is 1. The number of nitrogens with zero attached hydrogens (tertiary/aromatic N) is 2. The number of carbonyl (C=O) groups excluding carboxylic acids is 1. The number of hydrazine groups is 2. The van der Waals surface area contributed by atoms with E-state index >= 15 is 0 Å². The molecule has 3 fully saturated rings. The van der Waals surface area contributed by atoms with Gasteiger partial charge in [0.25, 0.3) is 0 Å². The van der Waals surface area contributed by atoms with Gasteiger partial charge in [0.05, 0.1) is 18.4 Å². The van der Waals surface area contributed by atoms with Crippen LogP contribution in [0.5, 0.6) is 0 Å². The van der Waals surface area contributed by atoms with Crippen molar-refractivity contribution < 1.29 is 9.53 Å². The fourth-order valence-corrected chi connectivity index (χ4v) is 4.07. The summed E-state index contributed by atoms with van der Waals surface area (Å²) in [6.45, 7) is 1.95. The molecule has 8 nitrogen and oxygen atoms in total. The van der Waals surface area contributed by atoms with Crippen LogP contribution in [0.15, 0.2) is 24.4 Å². The van der Waals surface area contributed by atoms with Crippen molar-refractivity contribution in [3.05, 3.63) is 30.1 Å². The van der Waals surface area contributed by atoms with E-state index in [1.54, 1.807) is 6.20 Å². The smallest absolute Gasteiger partial charge is 0.317 e. The number of aromatic nitrogens is 1. The first-order chi connectivity index (χ1) is 12.8. The maximum atomic E-state index is 12.7. The highest BCUT2D eigenvalue weighted by Crippen LogP contribution is 2.21. The van der Waals surface area contributed by atoms with Gasteiger partial charge < -0.3 is 15.0 Å². The largest absolute Gasteiger partial charge is 0.370 e. The third-order valence-electron chi connectivity index (χ3n) is 5.55. The molecule has 2 amide bonds. The molecule has 2 saturated heterocycles. The van der Waals surface area contributed by atoms with Gasteiger partial charge in [-0.3, -0.25) is 4.98 Å². The first-order valence-electron chi connectivity index (χ1n) is 9.61. The Kier molecular flexibility index (Phi) is 5.64. The second kappa shape index (κ2) is 8.30. The van der Waals surface area contributed by atoms with Crippen LogP contribution < -0.4 is 21.7 Å². The van der Waals surface area contributed by atoms with Crippen LogP contribution in [-0.2, 0) is 11.3 Å². The Labute approximate surface area is 154 Å². The van der Waals surface area contributed by atoms with Gasteiger partial charge in [0.15, 0.2) is 0 Å². The molecular weight excluding hydrogens is 332 g/mol. The number of ether oxygens (including phenoxy) is 1. The molecular formula is C18H28N6O2. The highest BCUT2D eigenvalue weighted by Gasteiger charge is 2.35. The Balaban J connectivity index is 1.24. The molecule has 4 unspecified atom stereocenters. The second-order valence-electron chi connectivity index (χ2n) is 7.43. The van der Waals surface area contributed by atoms with Crippen molar-refractivity contribution in [2.75, 3.05) is 13.1 Å². The molecule has 2 aliphatic heterocycles. The normalized spacial score (nSPS) is 31.5. The Morgan fingerprint density at radius 2 is 2.19 bits per heavy atom. The molecule has 142 valence electrons. The quantitative estimate of drug-likeness (QED) is 0.631. The van der Waals surface area contributed by atoms with Crippen LogP contribution in [0, 0.1) is 0 Å². The third kappa shape index (κ3) is 4.32. The second-order valence-corrected chi connectivity index (χ2v) is 7.43. The SMILES string of the molecule is O=C(NC1CCC2NNNC2C1)N1CCCC(OCc2ccccn2)C1. The number of hydrogen-bond acceptors (Lipinski definition) is 6. The van der Waals surface area contributed by atoms with E-state index in [0.717, 1.165) is 44.3 Å². The lowest BCUT2D eigenvalue weighted by atomic mass is 9.88. The van der Waals surface area contributed by atoms with Crippen LogP contribution in [0.1, 0.15) is 37.8 Å². The lowest BCUT2D eigenvalue weighted by Gasteiger charge is -2.36. The van der Waals surface area contributed by atoms with Crippen LogP contribution >= 0.6 is 0 Å². The van der Waals surface area contributed by atoms with Crippen molar-refractivity contribution in [3.63, 3.8) is 0 Å². The van der Waals surface area contributed by atoms with Crippen LogP contribution in [0.2, 0.25) is 0 Å². The molecule has 4 N–H and O–H groups in total. The Morgan fingerprint density at radius 3 is 3.08 bits per heavy atom. The average Bonchev–Trinajstić information content (AvgIpc) is 3.15. The van der Waals surface area contributed by atoms with E-state index in [0.29, 0.717) is 25.2 Å². The van der Waals surface area contributed by atoms with E-state index in [9.17, 15) is 4.79 Å². The topological polar surface area (TPSA) is 90.5 Å². The number of fused-ring (bicyclic) bond motifs is 1. The number of hydrogen-bond donors (Lipinski definition) is 4. The highest BCUT2D eigenvalue weighted by molar-refractivity contribution is 5.74. The molecule has 1 aromatic heterocycles. The summed E-state index contributed by atoms with van der Waals surface area (Å²) < 4.78 is 5.99. The summed E-state index contributed by atoms with van der Waals surface area (Å²) in [7, 11) is 0. The van der Waals surface area contributed by atoms with Crippen LogP contribution in [0.25, 0.3) is 0 Å². The Hall–Kier alpha value is -1.74. The molecule has 1 aromatic rings. The molecule has 1 aliphatic carbocycles. The van der Waals surface area contributed by atoms with Crippen LogP contribution in [0.4, 0.5) is 4.79 Å². The van der Waals surface area contributed by atoms with E-state index in [-0.39, 0.29) is 18.2 Å². The number of rotatable bonds is 4. The number of pyridine rings is 1. The standard InChI is InChI=1S/C18H28N6O2/c25-18(20-13-6-7-16-17(10-13)22-23-21-16)24-9-3-5-15(11-24)26-12-14-4-1-2-8-19-14/h1-2,4,8,13,15-17,21-23H,3,5-7,9-12H2,(H,20,25). The van der Waals surface area contributed by atoms with E-state index in [1.165, 1.54) is 0 Å². The number of piperidine rings is 1. The van der Waals surface area contributed by atoms with E-state index in [1.807, 2.05) is 23.1 Å². The predicted octanol–water partition coefficient (Wildman–Crippen LogP) is 0.674. The van der Waals surface area contributed by atoms with Crippen molar-refractivity contribution in [1.82, 2.24) is 31.6 Å². The summed E-state index contributed by atoms with van der Waals surface area (Å²) in [4.78, 5) is 18.9. The highest BCUT2D eigenvalue weighted by atomic mass is 16.5. The minimum atomic E-state index is 0.0403. The number of amides is 2. The lowest BCUT2D eigenvalue weighted by molar-refractivity contribution is -0.00205. The minimum absolute atomic E-state index is 0.0403. The zero-order valence-electron chi connectivity index (χ0n) is 15.0. The molecule has 0 bridgehead atoms. The summed E-state index contributed by atoms with van der Waals surface area (Å²) in [5, 5.41) is 3.22. The van der Waals surface area contributed by atoms with Crippen LogP contribution in [-0.4, -0.2) is 53.2 Å². The molecule has 0 spiro atoms. The zero-order valence-corrected chi connectivity index (χ0v) is 15.0. The monoisotopic (exact) mass is 360 g/mol. The van der Waals surface area contributed by atoms with E-state index in [2.05, 4.69) is 26.7 Å². The van der Waals surface area contributed by atoms with E-state index < -0.39 is 0 Å². The summed E-state index contributed by atoms with van der Waals surface area (Å²) in [6, 6.07) is 6.94. The van der Waals surface area contributed by atoms with Gasteiger partial charge in [0, 0.05) is 37.4 Å². The van der Waals surface area contributed by atoms with Gasteiger partial charge in [-0.15, -0.1) is 0 Å². The van der Waals surface area contributed by atoms with Gasteiger partial charge >= 0.3 is 6.03 Å². The average molecular weight is 360 g/mol. The van der Waals surface area contributed by atoms with Gasteiger partial charge in [0.1, 0.15) is 0 Å². The van der Waals surface area contributed by atoms with Gasteiger partial charge in [-0.05, 0) is 44.2 Å². The number of nitrogens with one attached hydrogen (secondary N) is 4. The summed E-state index contributed by atoms with van der Waals surface area (Å²) in [5.74, 6) is 0.